The first kappa shape index (κ1) is 46.0. The molecule has 0 fully saturated rings. The van der Waals surface area contributed by atoms with E-state index in [0.717, 1.165) is 47.2 Å². The van der Waals surface area contributed by atoms with Gasteiger partial charge in [0.2, 0.25) is 0 Å². The normalized spacial score (nSPS) is 13.6. The van der Waals surface area contributed by atoms with Gasteiger partial charge in [0.25, 0.3) is 0 Å². The molecule has 65 heavy (non-hydrogen) atoms. The molecule has 0 N–H and O–H groups in total. The highest BCUT2D eigenvalue weighted by molar-refractivity contribution is 7.37. The van der Waals surface area contributed by atoms with Gasteiger partial charge in [0.1, 0.15) is 16.7 Å². The maximum absolute atomic E-state index is 5.27. The van der Waals surface area contributed by atoms with Gasteiger partial charge in [-0.25, -0.2) is 0 Å². The van der Waals surface area contributed by atoms with Crippen LogP contribution in [0.4, 0.5) is 0 Å². The van der Waals surface area contributed by atoms with Gasteiger partial charge in [0.05, 0.1) is 66.9 Å². The molecule has 12 heteroatoms. The van der Waals surface area contributed by atoms with Crippen molar-refractivity contribution in [1.82, 2.24) is 22.9 Å². The number of nitrogens with zero attached hydrogens (tertiary/aromatic N) is 5. The van der Waals surface area contributed by atoms with E-state index in [1.54, 1.807) is 9.75 Å². The highest BCUT2D eigenvalue weighted by Crippen LogP contribution is 2.52. The SMILES string of the molecule is CCCCCCn1c2cc(CC(CC)CCCC)sc2c2sc3cc(-c4cnc(-c5cc6sc7c8sc(CC(CC)CCCC)cc8n(CCCCCC)c7c6s5)c5nsnc45)sc3c21. The van der Waals surface area contributed by atoms with Gasteiger partial charge >= 0.3 is 0 Å². The van der Waals surface area contributed by atoms with Gasteiger partial charge in [-0.3, -0.25) is 4.98 Å². The zero-order valence-corrected chi connectivity index (χ0v) is 45.0. The van der Waals surface area contributed by atoms with Crippen LogP contribution < -0.4 is 0 Å². The summed E-state index contributed by atoms with van der Waals surface area (Å²) in [5.41, 5.74) is 9.83. The van der Waals surface area contributed by atoms with E-state index in [1.165, 1.54) is 197 Å². The molecule has 10 aromatic heterocycles. The quantitative estimate of drug-likeness (QED) is 0.0567. The van der Waals surface area contributed by atoms with Crippen molar-refractivity contribution >= 4 is 150 Å². The van der Waals surface area contributed by atoms with E-state index in [9.17, 15) is 0 Å². The second-order valence-electron chi connectivity index (χ2n) is 18.7. The predicted molar refractivity (Wildman–Crippen MR) is 297 cm³/mol. The molecule has 0 saturated carbocycles. The van der Waals surface area contributed by atoms with Crippen LogP contribution >= 0.6 is 79.7 Å². The number of unbranched alkanes of at least 4 members (excludes halogenated alkanes) is 8. The highest BCUT2D eigenvalue weighted by atomic mass is 32.1. The number of fused-ring (bicyclic) bond motifs is 11. The number of aromatic nitrogens is 5. The molecule has 0 amide bonds. The van der Waals surface area contributed by atoms with Gasteiger partial charge < -0.3 is 9.13 Å². The van der Waals surface area contributed by atoms with Crippen molar-refractivity contribution in [2.45, 2.75) is 170 Å². The molecule has 0 radical (unpaired) electrons. The molecule has 0 bridgehead atoms. The third-order valence-corrected chi connectivity index (χ3v) is 22.1. The van der Waals surface area contributed by atoms with E-state index in [0.29, 0.717) is 0 Å². The summed E-state index contributed by atoms with van der Waals surface area (Å²) < 4.78 is 26.9. The van der Waals surface area contributed by atoms with Crippen molar-refractivity contribution in [2.75, 3.05) is 0 Å². The smallest absolute Gasteiger partial charge is 0.132 e. The Labute approximate surface area is 413 Å². The largest absolute Gasteiger partial charge is 0.338 e. The Kier molecular flexibility index (Phi) is 14.5. The molecule has 0 aliphatic carbocycles. The maximum atomic E-state index is 5.27. The minimum atomic E-state index is 0.784. The molecule has 0 aliphatic heterocycles. The first-order valence-electron chi connectivity index (χ1n) is 25.0. The third kappa shape index (κ3) is 8.82. The van der Waals surface area contributed by atoms with Gasteiger partial charge in [-0.05, 0) is 61.8 Å². The summed E-state index contributed by atoms with van der Waals surface area (Å²) >= 11 is 13.3. The minimum Gasteiger partial charge on any atom is -0.338 e. The minimum absolute atomic E-state index is 0.784. The fraction of sp³-hybridized carbons (Fsp3) is 0.528. The molecule has 2 atom stereocenters. The van der Waals surface area contributed by atoms with Gasteiger partial charge in [-0.15, -0.1) is 68.0 Å². The predicted octanol–water partition coefficient (Wildman–Crippen LogP) is 20.0. The van der Waals surface area contributed by atoms with Crippen LogP contribution in [0, 0.1) is 11.8 Å². The van der Waals surface area contributed by atoms with Crippen LogP contribution in [0.5, 0.6) is 0 Å². The number of pyridine rings is 1. The van der Waals surface area contributed by atoms with Gasteiger partial charge in [0, 0.05) is 48.9 Å². The summed E-state index contributed by atoms with van der Waals surface area (Å²) in [5.74, 6) is 1.57. The summed E-state index contributed by atoms with van der Waals surface area (Å²) in [4.78, 5) is 10.9. The van der Waals surface area contributed by atoms with Crippen LogP contribution in [0.2, 0.25) is 0 Å². The number of hydrogen-bond acceptors (Lipinski definition) is 10. The fourth-order valence-electron chi connectivity index (χ4n) is 10.3. The highest BCUT2D eigenvalue weighted by Gasteiger charge is 2.26. The van der Waals surface area contributed by atoms with E-state index < -0.39 is 0 Å². The van der Waals surface area contributed by atoms with E-state index in [4.69, 9.17) is 13.7 Å². The van der Waals surface area contributed by atoms with Crippen molar-refractivity contribution in [3.8, 4) is 21.0 Å². The van der Waals surface area contributed by atoms with E-state index in [-0.39, 0.29) is 0 Å². The van der Waals surface area contributed by atoms with Gasteiger partial charge in [-0.1, -0.05) is 131 Å². The van der Waals surface area contributed by atoms with E-state index in [2.05, 4.69) is 104 Å². The molecular weight excluding hydrogens is 931 g/mol. The van der Waals surface area contributed by atoms with E-state index >= 15 is 0 Å². The average Bonchev–Trinajstić information content (AvgIpc) is 4.18. The maximum Gasteiger partial charge on any atom is 0.132 e. The van der Waals surface area contributed by atoms with Crippen molar-refractivity contribution in [3.63, 3.8) is 0 Å². The molecule has 2 unspecified atom stereocenters. The zero-order chi connectivity index (χ0) is 44.6. The fourth-order valence-corrected chi connectivity index (χ4v) is 19.0. The molecule has 5 nitrogen and oxygen atoms in total. The molecular formula is C53H65N5S7. The lowest BCUT2D eigenvalue weighted by Crippen LogP contribution is -2.02. The van der Waals surface area contributed by atoms with Gasteiger partial charge in [0.15, 0.2) is 0 Å². The second kappa shape index (κ2) is 20.5. The standard InChI is InChI=1S/C53H65N5S7/c1-7-13-17-19-23-57-37-27-34(25-32(11-5)21-15-9-3)59-48(37)52-46(57)50-41(63-52)29-39(61-50)36-31-54-44(45-43(36)55-65-56-45)40-30-42-51(62-40)47-53(64-42)49-38(58(47)24-20-18-14-8-2)28-35(60-49)26-33(12-6)22-16-10-4/h27-33H,7-26H2,1-6H3. The Bertz CT molecular complexity index is 2980. The van der Waals surface area contributed by atoms with Crippen molar-refractivity contribution in [3.05, 3.63) is 40.2 Å². The molecule has 0 spiro atoms. The Balaban J connectivity index is 0.997. The second-order valence-corrected chi connectivity index (χ2v) is 25.7. The monoisotopic (exact) mass is 995 g/mol. The summed E-state index contributed by atoms with van der Waals surface area (Å²) in [6.07, 6.45) is 25.2. The van der Waals surface area contributed by atoms with Crippen LogP contribution in [0.15, 0.2) is 30.5 Å². The van der Waals surface area contributed by atoms with Crippen molar-refractivity contribution in [2.24, 2.45) is 11.8 Å². The first-order valence-corrected chi connectivity index (χ1v) is 30.6. The molecule has 10 rings (SSSR count). The summed E-state index contributed by atoms with van der Waals surface area (Å²) in [6, 6.07) is 9.96. The molecule has 0 aliphatic rings. The summed E-state index contributed by atoms with van der Waals surface area (Å²) in [5, 5.41) is 0. The topological polar surface area (TPSA) is 48.5 Å². The Morgan fingerprint density at radius 1 is 0.492 bits per heavy atom. The number of hydrogen-bond donors (Lipinski definition) is 0. The molecule has 0 aromatic carbocycles. The third-order valence-electron chi connectivity index (χ3n) is 14.1. The molecule has 10 heterocycles. The van der Waals surface area contributed by atoms with Crippen molar-refractivity contribution in [1.29, 1.82) is 0 Å². The van der Waals surface area contributed by atoms with Crippen LogP contribution in [-0.4, -0.2) is 22.9 Å². The lowest BCUT2D eigenvalue weighted by atomic mass is 9.95. The van der Waals surface area contributed by atoms with Crippen LogP contribution in [-0.2, 0) is 25.9 Å². The van der Waals surface area contributed by atoms with Crippen LogP contribution in [0.25, 0.3) is 91.7 Å². The Morgan fingerprint density at radius 2 is 1.00 bits per heavy atom. The van der Waals surface area contributed by atoms with Crippen molar-refractivity contribution < 1.29 is 0 Å². The lowest BCUT2D eigenvalue weighted by Gasteiger charge is -2.12. The summed E-state index contributed by atoms with van der Waals surface area (Å²) in [7, 11) is 0. The van der Waals surface area contributed by atoms with E-state index in [1.807, 2.05) is 45.3 Å². The molecule has 0 saturated heterocycles. The average molecular weight is 997 g/mol. The lowest BCUT2D eigenvalue weighted by molar-refractivity contribution is 0.452. The zero-order valence-electron chi connectivity index (χ0n) is 39.3. The number of aryl methyl sites for hydroxylation is 2. The Morgan fingerprint density at radius 3 is 1.52 bits per heavy atom. The van der Waals surface area contributed by atoms with Crippen LogP contribution in [0.3, 0.4) is 0 Å². The molecule has 344 valence electrons. The number of thiophene rings is 6. The van der Waals surface area contributed by atoms with Crippen LogP contribution in [0.1, 0.15) is 154 Å². The first-order chi connectivity index (χ1) is 32.0. The summed E-state index contributed by atoms with van der Waals surface area (Å²) in [6.45, 7) is 16.2. The van der Waals surface area contributed by atoms with Gasteiger partial charge in [-0.2, -0.15) is 8.75 Å². The Hall–Kier alpha value is -2.71. The molecule has 10 aromatic rings. The number of rotatable bonds is 24.